The predicted molar refractivity (Wildman–Crippen MR) is 121 cm³/mol. The molecule has 0 spiro atoms. The normalized spacial score (nSPS) is 12.5. The second-order valence-corrected chi connectivity index (χ2v) is 8.14. The molecule has 4 rings (SSSR count). The monoisotopic (exact) mass is 484 g/mol. The Morgan fingerprint density at radius 2 is 1.63 bits per heavy atom. The molecule has 0 aliphatic heterocycles. The van der Waals surface area contributed by atoms with Gasteiger partial charge in [0.25, 0.3) is 5.91 Å². The van der Waals surface area contributed by atoms with Crippen molar-refractivity contribution in [1.29, 1.82) is 0 Å². The first-order valence-electron chi connectivity index (χ1n) is 10.6. The lowest BCUT2D eigenvalue weighted by Crippen LogP contribution is -2.28. The third kappa shape index (κ3) is 5.18. The number of nitrogens with zero attached hydrogens (tertiary/aromatic N) is 1. The molecular weight excluding hydrogens is 464 g/mol. The van der Waals surface area contributed by atoms with Crippen LogP contribution in [0.15, 0.2) is 72.8 Å². The zero-order valence-corrected chi connectivity index (χ0v) is 18.4. The zero-order chi connectivity index (χ0) is 25.3. The Kier molecular flexibility index (Phi) is 6.34. The van der Waals surface area contributed by atoms with Gasteiger partial charge in [0.05, 0.1) is 17.2 Å². The summed E-state index contributed by atoms with van der Waals surface area (Å²) in [5.41, 5.74) is 1.67. The highest BCUT2D eigenvalue weighted by molar-refractivity contribution is 5.94. The number of carbonyl (C=O) groups excluding carboxylic acids is 1. The van der Waals surface area contributed by atoms with Gasteiger partial charge in [-0.1, -0.05) is 24.3 Å². The summed E-state index contributed by atoms with van der Waals surface area (Å²) in [5.74, 6) is -2.24. The molecule has 2 heterocycles. The van der Waals surface area contributed by atoms with Crippen molar-refractivity contribution in [3.05, 3.63) is 112 Å². The van der Waals surface area contributed by atoms with Gasteiger partial charge in [-0.2, -0.15) is 13.2 Å². The number of amides is 1. The van der Waals surface area contributed by atoms with Gasteiger partial charge in [-0.3, -0.25) is 4.79 Å². The largest absolute Gasteiger partial charge is 0.478 e. The van der Waals surface area contributed by atoms with Crippen LogP contribution in [0.5, 0.6) is 0 Å². The molecule has 1 amide bonds. The van der Waals surface area contributed by atoms with E-state index in [0.717, 1.165) is 18.2 Å². The summed E-state index contributed by atoms with van der Waals surface area (Å²) in [7, 11) is 0. The van der Waals surface area contributed by atoms with E-state index < -0.39 is 35.5 Å². The van der Waals surface area contributed by atoms with Crippen molar-refractivity contribution < 1.29 is 32.3 Å². The van der Waals surface area contributed by atoms with Crippen molar-refractivity contribution in [2.45, 2.75) is 25.6 Å². The number of aromatic carboxylic acids is 1. The Morgan fingerprint density at radius 3 is 2.23 bits per heavy atom. The molecule has 2 aromatic carbocycles. The Hall–Kier alpha value is -4.14. The Labute approximate surface area is 197 Å². The molecule has 0 bridgehead atoms. The summed E-state index contributed by atoms with van der Waals surface area (Å²) in [4.78, 5) is 24.2. The quantitative estimate of drug-likeness (QED) is 0.336. The van der Waals surface area contributed by atoms with Crippen LogP contribution < -0.4 is 5.32 Å². The van der Waals surface area contributed by atoms with Crippen LogP contribution in [-0.2, 0) is 12.6 Å². The summed E-state index contributed by atoms with van der Waals surface area (Å²) in [6, 6.07) is 15.9. The van der Waals surface area contributed by atoms with E-state index >= 15 is 0 Å². The van der Waals surface area contributed by atoms with E-state index in [1.165, 1.54) is 30.3 Å². The van der Waals surface area contributed by atoms with E-state index in [4.69, 9.17) is 5.11 Å². The molecule has 35 heavy (non-hydrogen) atoms. The SMILES string of the molecule is C[C@H](NC(=O)c1cc(F)cc2ccc(Cc3ccc(C(F)(F)F)cc3)n12)c1ccc(C(=O)O)cc1. The first-order chi connectivity index (χ1) is 16.5. The lowest BCUT2D eigenvalue weighted by atomic mass is 10.1. The lowest BCUT2D eigenvalue weighted by molar-refractivity contribution is -0.137. The number of carboxylic acid groups (broad SMARTS) is 1. The van der Waals surface area contributed by atoms with Gasteiger partial charge >= 0.3 is 12.1 Å². The van der Waals surface area contributed by atoms with E-state index in [0.29, 0.717) is 22.3 Å². The second-order valence-electron chi connectivity index (χ2n) is 8.14. The van der Waals surface area contributed by atoms with Crippen LogP contribution in [0.3, 0.4) is 0 Å². The van der Waals surface area contributed by atoms with E-state index in [1.54, 1.807) is 35.6 Å². The van der Waals surface area contributed by atoms with Crippen molar-refractivity contribution in [3.8, 4) is 0 Å². The van der Waals surface area contributed by atoms with Gasteiger partial charge in [0.15, 0.2) is 0 Å². The maximum Gasteiger partial charge on any atom is 0.416 e. The average molecular weight is 484 g/mol. The lowest BCUT2D eigenvalue weighted by Gasteiger charge is -2.17. The van der Waals surface area contributed by atoms with Crippen molar-refractivity contribution in [3.63, 3.8) is 0 Å². The van der Waals surface area contributed by atoms with Crippen LogP contribution in [0.2, 0.25) is 0 Å². The van der Waals surface area contributed by atoms with Crippen LogP contribution in [0.25, 0.3) is 5.52 Å². The molecule has 1 atom stereocenters. The van der Waals surface area contributed by atoms with Crippen LogP contribution in [0.1, 0.15) is 56.2 Å². The number of nitrogens with one attached hydrogen (secondary N) is 1. The summed E-state index contributed by atoms with van der Waals surface area (Å²) in [6.45, 7) is 1.71. The summed E-state index contributed by atoms with van der Waals surface area (Å²) < 4.78 is 54.4. The smallest absolute Gasteiger partial charge is 0.416 e. The van der Waals surface area contributed by atoms with Gasteiger partial charge in [0.1, 0.15) is 11.5 Å². The summed E-state index contributed by atoms with van der Waals surface area (Å²) >= 11 is 0. The van der Waals surface area contributed by atoms with E-state index in [9.17, 15) is 27.2 Å². The van der Waals surface area contributed by atoms with Gasteiger partial charge in [-0.15, -0.1) is 0 Å². The third-order valence-electron chi connectivity index (χ3n) is 5.70. The summed E-state index contributed by atoms with van der Waals surface area (Å²) in [5, 5.41) is 11.8. The molecule has 9 heteroatoms. The van der Waals surface area contributed by atoms with Gasteiger partial charge in [0, 0.05) is 23.7 Å². The summed E-state index contributed by atoms with van der Waals surface area (Å²) in [6.07, 6.45) is -4.21. The highest BCUT2D eigenvalue weighted by atomic mass is 19.4. The fourth-order valence-electron chi connectivity index (χ4n) is 3.88. The number of aromatic nitrogens is 1. The molecule has 0 saturated heterocycles. The standard InChI is InChI=1S/C26H20F4N2O3/c1-15(17-4-6-18(7-5-17)25(34)35)31-24(33)23-14-20(27)13-22-11-10-21(32(22)23)12-16-2-8-19(9-3-16)26(28,29)30/h2-11,13-15H,12H2,1H3,(H,31,33)(H,34,35)/t15-/m0/s1. The molecule has 0 radical (unpaired) electrons. The first kappa shape index (κ1) is 24.0. The Bertz CT molecular complexity index is 1390. The number of hydrogen-bond acceptors (Lipinski definition) is 2. The highest BCUT2D eigenvalue weighted by Crippen LogP contribution is 2.29. The number of hydrogen-bond donors (Lipinski definition) is 2. The van der Waals surface area contributed by atoms with Crippen LogP contribution in [0.4, 0.5) is 17.6 Å². The molecule has 2 aromatic heterocycles. The van der Waals surface area contributed by atoms with Crippen molar-refractivity contribution in [2.75, 3.05) is 0 Å². The minimum Gasteiger partial charge on any atom is -0.478 e. The highest BCUT2D eigenvalue weighted by Gasteiger charge is 2.30. The fourth-order valence-corrected chi connectivity index (χ4v) is 3.88. The molecule has 0 fully saturated rings. The third-order valence-corrected chi connectivity index (χ3v) is 5.70. The molecule has 180 valence electrons. The Balaban J connectivity index is 1.61. The predicted octanol–water partition coefficient (Wildman–Crippen LogP) is 5.88. The van der Waals surface area contributed by atoms with Gasteiger partial charge in [-0.25, -0.2) is 9.18 Å². The molecule has 5 nitrogen and oxygen atoms in total. The first-order valence-corrected chi connectivity index (χ1v) is 10.6. The maximum absolute atomic E-state index is 14.3. The second kappa shape index (κ2) is 9.25. The molecule has 0 unspecified atom stereocenters. The minimum atomic E-state index is -4.44. The number of carboxylic acids is 1. The van der Waals surface area contributed by atoms with Crippen LogP contribution in [0, 0.1) is 5.82 Å². The molecule has 0 saturated carbocycles. The number of rotatable bonds is 6. The molecular formula is C26H20F4N2O3. The van der Waals surface area contributed by atoms with Gasteiger partial charge in [0.2, 0.25) is 0 Å². The van der Waals surface area contributed by atoms with Gasteiger partial charge < -0.3 is 14.8 Å². The molecule has 2 N–H and O–H groups in total. The number of pyridine rings is 1. The number of halogens is 4. The van der Waals surface area contributed by atoms with Crippen molar-refractivity contribution in [1.82, 2.24) is 9.72 Å². The maximum atomic E-state index is 14.3. The fraction of sp³-hybridized carbons (Fsp3) is 0.154. The zero-order valence-electron chi connectivity index (χ0n) is 18.4. The topological polar surface area (TPSA) is 70.8 Å². The van der Waals surface area contributed by atoms with E-state index in [1.807, 2.05) is 0 Å². The van der Waals surface area contributed by atoms with Crippen LogP contribution in [-0.4, -0.2) is 21.4 Å². The minimum absolute atomic E-state index is 0.0286. The average Bonchev–Trinajstić information content (AvgIpc) is 3.20. The van der Waals surface area contributed by atoms with Crippen LogP contribution >= 0.6 is 0 Å². The number of fused-ring (bicyclic) bond motifs is 1. The number of carbonyl (C=O) groups is 2. The van der Waals surface area contributed by atoms with Crippen molar-refractivity contribution in [2.24, 2.45) is 0 Å². The Morgan fingerprint density at radius 1 is 0.971 bits per heavy atom. The van der Waals surface area contributed by atoms with E-state index in [-0.39, 0.29) is 17.7 Å². The van der Waals surface area contributed by atoms with E-state index in [2.05, 4.69) is 5.32 Å². The van der Waals surface area contributed by atoms with Crippen molar-refractivity contribution >= 4 is 17.4 Å². The number of benzene rings is 2. The molecule has 4 aromatic rings. The molecule has 0 aliphatic rings. The number of alkyl halides is 3. The molecule has 0 aliphatic carbocycles. The van der Waals surface area contributed by atoms with Gasteiger partial charge in [-0.05, 0) is 60.5 Å².